The van der Waals surface area contributed by atoms with E-state index in [9.17, 15) is 19.5 Å². The van der Waals surface area contributed by atoms with Gasteiger partial charge in [-0.25, -0.2) is 9.59 Å². The first-order valence-electron chi connectivity index (χ1n) is 8.21. The van der Waals surface area contributed by atoms with Crippen LogP contribution in [0, 0.1) is 13.8 Å². The zero-order chi connectivity index (χ0) is 21.0. The third-order valence-electron chi connectivity index (χ3n) is 3.66. The molecular formula is C15H21N7O6. The lowest BCUT2D eigenvalue weighted by molar-refractivity contribution is -0.141. The molecule has 0 saturated carbocycles. The van der Waals surface area contributed by atoms with Crippen molar-refractivity contribution in [2.45, 2.75) is 45.4 Å². The smallest absolute Gasteiger partial charge is 0.343 e. The molecule has 2 heterocycles. The number of aromatic nitrogens is 4. The lowest BCUT2D eigenvalue weighted by atomic mass is 10.2. The maximum atomic E-state index is 12.1. The number of nitrogens with one attached hydrogen (secondary N) is 2. The van der Waals surface area contributed by atoms with Crippen molar-refractivity contribution < 1.29 is 29.0 Å². The minimum absolute atomic E-state index is 0.0182. The van der Waals surface area contributed by atoms with Gasteiger partial charge in [0, 0.05) is 5.69 Å². The van der Waals surface area contributed by atoms with Crippen LogP contribution in [-0.4, -0.2) is 60.2 Å². The third kappa shape index (κ3) is 5.03. The van der Waals surface area contributed by atoms with E-state index in [4.69, 9.17) is 15.3 Å². The Morgan fingerprint density at radius 2 is 1.96 bits per heavy atom. The molecule has 0 bridgehead atoms. The fourth-order valence-corrected chi connectivity index (χ4v) is 2.41. The molecule has 0 aliphatic rings. The van der Waals surface area contributed by atoms with Crippen LogP contribution in [0.5, 0.6) is 0 Å². The number of amides is 3. The number of carboxylic acids is 1. The van der Waals surface area contributed by atoms with Gasteiger partial charge in [0.05, 0.1) is 18.2 Å². The molecule has 0 aliphatic heterocycles. The van der Waals surface area contributed by atoms with Crippen molar-refractivity contribution in [3.8, 4) is 6.01 Å². The SMILES string of the molecule is Cc1cc(C)n(-c2nnc([C@H](CC(N)=O)NC(=O)N[C@H](C(=O)O)C(C)O)o2)n1. The first-order valence-corrected chi connectivity index (χ1v) is 8.21. The predicted octanol–water partition coefficient (Wildman–Crippen LogP) is -1.08. The zero-order valence-corrected chi connectivity index (χ0v) is 15.4. The van der Waals surface area contributed by atoms with Crippen LogP contribution >= 0.6 is 0 Å². The highest BCUT2D eigenvalue weighted by Gasteiger charge is 2.28. The molecule has 152 valence electrons. The maximum absolute atomic E-state index is 12.1. The highest BCUT2D eigenvalue weighted by molar-refractivity contribution is 5.83. The molecule has 13 nitrogen and oxygen atoms in total. The Morgan fingerprint density at radius 1 is 1.29 bits per heavy atom. The molecule has 6 N–H and O–H groups in total. The summed E-state index contributed by atoms with van der Waals surface area (Å²) in [6.07, 6.45) is -1.72. The van der Waals surface area contributed by atoms with Crippen molar-refractivity contribution in [1.29, 1.82) is 0 Å². The molecule has 0 saturated heterocycles. The van der Waals surface area contributed by atoms with Crippen LogP contribution in [0.15, 0.2) is 10.5 Å². The minimum atomic E-state index is -1.55. The maximum Gasteiger partial charge on any atom is 0.343 e. The molecule has 2 aromatic heterocycles. The van der Waals surface area contributed by atoms with Crippen molar-refractivity contribution in [2.75, 3.05) is 0 Å². The number of hydrogen-bond donors (Lipinski definition) is 5. The van der Waals surface area contributed by atoms with Crippen LogP contribution < -0.4 is 16.4 Å². The van der Waals surface area contributed by atoms with E-state index in [1.807, 2.05) is 0 Å². The molecule has 28 heavy (non-hydrogen) atoms. The van der Waals surface area contributed by atoms with E-state index in [2.05, 4.69) is 25.9 Å². The summed E-state index contributed by atoms with van der Waals surface area (Å²) in [5.41, 5.74) is 6.65. The second-order valence-electron chi connectivity index (χ2n) is 6.16. The Bertz CT molecular complexity index is 874. The fraction of sp³-hybridized carbons (Fsp3) is 0.467. The van der Waals surface area contributed by atoms with Gasteiger partial charge in [-0.1, -0.05) is 5.10 Å². The lowest BCUT2D eigenvalue weighted by Crippen LogP contribution is -2.52. The number of nitrogens with two attached hydrogens (primary N) is 1. The lowest BCUT2D eigenvalue weighted by Gasteiger charge is -2.19. The van der Waals surface area contributed by atoms with Gasteiger partial charge in [-0.05, 0) is 26.8 Å². The second kappa shape index (κ2) is 8.47. The van der Waals surface area contributed by atoms with E-state index in [-0.39, 0.29) is 18.3 Å². The number of hydrogen-bond acceptors (Lipinski definition) is 8. The van der Waals surface area contributed by atoms with Crippen molar-refractivity contribution in [3.05, 3.63) is 23.3 Å². The van der Waals surface area contributed by atoms with E-state index in [0.717, 1.165) is 11.4 Å². The summed E-state index contributed by atoms with van der Waals surface area (Å²) in [5.74, 6) is -2.32. The molecule has 2 rings (SSSR count). The summed E-state index contributed by atoms with van der Waals surface area (Å²) in [5, 5.41) is 34.7. The molecule has 13 heteroatoms. The fourth-order valence-electron chi connectivity index (χ4n) is 2.41. The van der Waals surface area contributed by atoms with E-state index in [1.54, 1.807) is 19.9 Å². The van der Waals surface area contributed by atoms with Crippen LogP contribution in [0.4, 0.5) is 4.79 Å². The minimum Gasteiger partial charge on any atom is -0.480 e. The number of nitrogens with zero attached hydrogens (tertiary/aromatic N) is 4. The van der Waals surface area contributed by atoms with Crippen LogP contribution in [0.2, 0.25) is 0 Å². The van der Waals surface area contributed by atoms with E-state index < -0.39 is 36.1 Å². The van der Waals surface area contributed by atoms with Crippen LogP contribution in [0.1, 0.15) is 36.7 Å². The number of aliphatic carboxylic acids is 1. The van der Waals surface area contributed by atoms with Gasteiger partial charge in [-0.2, -0.15) is 9.78 Å². The third-order valence-corrected chi connectivity index (χ3v) is 3.66. The number of carboxylic acid groups (broad SMARTS) is 1. The normalized spacial score (nSPS) is 14.1. The number of carbonyl (C=O) groups is 3. The molecule has 0 aromatic carbocycles. The van der Waals surface area contributed by atoms with Gasteiger partial charge in [0.1, 0.15) is 6.04 Å². The number of aliphatic hydroxyl groups is 1. The van der Waals surface area contributed by atoms with Crippen LogP contribution in [0.25, 0.3) is 6.01 Å². The van der Waals surface area contributed by atoms with E-state index >= 15 is 0 Å². The van der Waals surface area contributed by atoms with Gasteiger partial charge < -0.3 is 31.0 Å². The summed E-state index contributed by atoms with van der Waals surface area (Å²) in [4.78, 5) is 34.5. The average molecular weight is 395 g/mol. The summed E-state index contributed by atoms with van der Waals surface area (Å²) >= 11 is 0. The molecule has 1 unspecified atom stereocenters. The van der Waals surface area contributed by atoms with Crippen molar-refractivity contribution in [3.63, 3.8) is 0 Å². The first-order chi connectivity index (χ1) is 13.1. The Balaban J connectivity index is 2.20. The van der Waals surface area contributed by atoms with Gasteiger partial charge in [-0.15, -0.1) is 5.10 Å². The van der Waals surface area contributed by atoms with Gasteiger partial charge in [0.15, 0.2) is 6.04 Å². The molecule has 3 atom stereocenters. The highest BCUT2D eigenvalue weighted by Crippen LogP contribution is 2.18. The predicted molar refractivity (Wildman–Crippen MR) is 92.2 cm³/mol. The second-order valence-corrected chi connectivity index (χ2v) is 6.16. The van der Waals surface area contributed by atoms with Crippen LogP contribution in [-0.2, 0) is 9.59 Å². The number of carbonyl (C=O) groups excluding carboxylic acids is 2. The van der Waals surface area contributed by atoms with Gasteiger partial charge >= 0.3 is 18.0 Å². The van der Waals surface area contributed by atoms with Gasteiger partial charge in [0.2, 0.25) is 11.8 Å². The molecule has 0 fully saturated rings. The monoisotopic (exact) mass is 395 g/mol. The van der Waals surface area contributed by atoms with Crippen LogP contribution in [0.3, 0.4) is 0 Å². The topological polar surface area (TPSA) is 198 Å². The summed E-state index contributed by atoms with van der Waals surface area (Å²) in [7, 11) is 0. The first kappa shape index (κ1) is 20.8. The zero-order valence-electron chi connectivity index (χ0n) is 15.4. The molecule has 0 aliphatic carbocycles. The Kier molecular flexibility index (Phi) is 6.30. The number of primary amides is 1. The van der Waals surface area contributed by atoms with Crippen molar-refractivity contribution >= 4 is 17.9 Å². The molecule has 3 amide bonds. The van der Waals surface area contributed by atoms with Crippen molar-refractivity contribution in [1.82, 2.24) is 30.6 Å². The van der Waals surface area contributed by atoms with Gasteiger partial charge in [-0.3, -0.25) is 4.79 Å². The highest BCUT2D eigenvalue weighted by atomic mass is 16.4. The van der Waals surface area contributed by atoms with E-state index in [0.29, 0.717) is 0 Å². The Morgan fingerprint density at radius 3 is 2.46 bits per heavy atom. The number of urea groups is 1. The van der Waals surface area contributed by atoms with E-state index in [1.165, 1.54) is 11.6 Å². The summed E-state index contributed by atoms with van der Waals surface area (Å²) in [6, 6.07) is -1.82. The van der Waals surface area contributed by atoms with Gasteiger partial charge in [0.25, 0.3) is 0 Å². The largest absolute Gasteiger partial charge is 0.480 e. The quantitative estimate of drug-likeness (QED) is 0.369. The number of rotatable bonds is 8. The summed E-state index contributed by atoms with van der Waals surface area (Å²) in [6.45, 7) is 4.76. The molecular weight excluding hydrogens is 374 g/mol. The molecule has 0 radical (unpaired) electrons. The molecule has 2 aromatic rings. The Hall–Kier alpha value is -3.48. The van der Waals surface area contributed by atoms with Crippen molar-refractivity contribution in [2.24, 2.45) is 5.73 Å². The molecule has 0 spiro atoms. The number of aliphatic hydroxyl groups excluding tert-OH is 1. The average Bonchev–Trinajstić information content (AvgIpc) is 3.17. The number of aryl methyl sites for hydroxylation is 2. The standard InChI is InChI=1S/C15H21N7O6/c1-6-4-7(2)22(21-6)15-20-19-12(28-15)9(5-10(16)24)17-14(27)18-11(8(3)23)13(25)26/h4,8-9,11,23H,5H2,1-3H3,(H2,16,24)(H,25,26)(H2,17,18,27)/t8?,9-,11-/m0/s1. The summed E-state index contributed by atoms with van der Waals surface area (Å²) < 4.78 is 6.88. The Labute approximate surface area is 158 Å².